The predicted molar refractivity (Wildman–Crippen MR) is 72.6 cm³/mol. The number of nitrogens with zero attached hydrogens (tertiary/aromatic N) is 1. The maximum Gasteiger partial charge on any atom is 0.123 e. The zero-order chi connectivity index (χ0) is 13.0. The van der Waals surface area contributed by atoms with E-state index in [-0.39, 0.29) is 6.61 Å². The molecule has 1 aromatic carbocycles. The van der Waals surface area contributed by atoms with Gasteiger partial charge in [0.15, 0.2) is 0 Å². The van der Waals surface area contributed by atoms with Crippen LogP contribution < -0.4 is 4.74 Å². The van der Waals surface area contributed by atoms with E-state index in [4.69, 9.17) is 4.74 Å². The lowest BCUT2D eigenvalue weighted by Gasteiger charge is -2.18. The van der Waals surface area contributed by atoms with Gasteiger partial charge in [-0.2, -0.15) is 0 Å². The second kappa shape index (κ2) is 6.21. The highest BCUT2D eigenvalue weighted by molar-refractivity contribution is 5.37. The molecule has 0 spiro atoms. The summed E-state index contributed by atoms with van der Waals surface area (Å²) in [5.74, 6) is 1.77. The van der Waals surface area contributed by atoms with Crippen molar-refractivity contribution in [1.29, 1.82) is 0 Å². The van der Waals surface area contributed by atoms with Crippen LogP contribution in [0.2, 0.25) is 0 Å². The summed E-state index contributed by atoms with van der Waals surface area (Å²) >= 11 is 0. The molecule has 0 aliphatic carbocycles. The van der Waals surface area contributed by atoms with Gasteiger partial charge in [0.05, 0.1) is 13.7 Å². The lowest BCUT2D eigenvalue weighted by Crippen LogP contribution is -2.20. The highest BCUT2D eigenvalue weighted by Crippen LogP contribution is 2.26. The molecule has 1 fully saturated rings. The van der Waals surface area contributed by atoms with E-state index in [2.05, 4.69) is 17.9 Å². The minimum absolute atomic E-state index is 0.0918. The molecule has 1 aliphatic heterocycles. The van der Waals surface area contributed by atoms with Gasteiger partial charge in [-0.25, -0.2) is 0 Å². The molecule has 100 valence electrons. The first kappa shape index (κ1) is 13.4. The Labute approximate surface area is 109 Å². The van der Waals surface area contributed by atoms with E-state index in [1.807, 2.05) is 12.1 Å². The number of hydrogen-bond donors (Lipinski definition) is 1. The standard InChI is InChI=1S/C15H23NO2/c1-3-12-6-7-16(9-12)10-14-8-13(11-17)4-5-15(14)18-2/h4-5,8,12,17H,3,6-7,9-11H2,1-2H3. The monoisotopic (exact) mass is 249 g/mol. The normalized spacial score (nSPS) is 20.3. The lowest BCUT2D eigenvalue weighted by molar-refractivity contribution is 0.280. The van der Waals surface area contributed by atoms with Gasteiger partial charge >= 0.3 is 0 Å². The van der Waals surface area contributed by atoms with Gasteiger partial charge in [-0.3, -0.25) is 4.90 Å². The van der Waals surface area contributed by atoms with Crippen LogP contribution >= 0.6 is 0 Å². The first-order valence-electron chi connectivity index (χ1n) is 6.75. The van der Waals surface area contributed by atoms with Crippen molar-refractivity contribution in [3.8, 4) is 5.75 Å². The Morgan fingerprint density at radius 2 is 2.28 bits per heavy atom. The zero-order valence-corrected chi connectivity index (χ0v) is 11.4. The minimum atomic E-state index is 0.0918. The summed E-state index contributed by atoms with van der Waals surface area (Å²) < 4.78 is 5.40. The maximum atomic E-state index is 9.21. The number of benzene rings is 1. The fourth-order valence-corrected chi connectivity index (χ4v) is 2.68. The van der Waals surface area contributed by atoms with E-state index in [1.165, 1.54) is 31.5 Å². The van der Waals surface area contributed by atoms with Gasteiger partial charge in [-0.1, -0.05) is 19.4 Å². The van der Waals surface area contributed by atoms with Crippen molar-refractivity contribution in [3.05, 3.63) is 29.3 Å². The number of rotatable bonds is 5. The van der Waals surface area contributed by atoms with E-state index in [9.17, 15) is 5.11 Å². The molecule has 0 aromatic heterocycles. The van der Waals surface area contributed by atoms with Crippen LogP contribution in [0.3, 0.4) is 0 Å². The van der Waals surface area contributed by atoms with E-state index in [0.29, 0.717) is 0 Å². The molecule has 1 heterocycles. The molecule has 1 saturated heterocycles. The van der Waals surface area contributed by atoms with Crippen molar-refractivity contribution >= 4 is 0 Å². The van der Waals surface area contributed by atoms with E-state index in [1.54, 1.807) is 7.11 Å². The van der Waals surface area contributed by atoms with Crippen LogP contribution in [0.1, 0.15) is 30.9 Å². The second-order valence-corrected chi connectivity index (χ2v) is 5.10. The van der Waals surface area contributed by atoms with Gasteiger partial charge in [-0.15, -0.1) is 0 Å². The smallest absolute Gasteiger partial charge is 0.123 e. The van der Waals surface area contributed by atoms with Crippen molar-refractivity contribution in [2.45, 2.75) is 32.9 Å². The molecule has 3 heteroatoms. The van der Waals surface area contributed by atoms with Gasteiger partial charge in [0.2, 0.25) is 0 Å². The summed E-state index contributed by atoms with van der Waals surface area (Å²) in [7, 11) is 1.70. The Morgan fingerprint density at radius 3 is 2.89 bits per heavy atom. The highest BCUT2D eigenvalue weighted by atomic mass is 16.5. The zero-order valence-electron chi connectivity index (χ0n) is 11.4. The Bertz CT molecular complexity index is 392. The topological polar surface area (TPSA) is 32.7 Å². The molecular weight excluding hydrogens is 226 g/mol. The Morgan fingerprint density at radius 1 is 1.44 bits per heavy atom. The number of aliphatic hydroxyl groups excluding tert-OH is 1. The number of likely N-dealkylation sites (tertiary alicyclic amines) is 1. The fourth-order valence-electron chi connectivity index (χ4n) is 2.68. The SMILES string of the molecule is CCC1CCN(Cc2cc(CO)ccc2OC)C1. The molecule has 0 bridgehead atoms. The van der Waals surface area contributed by atoms with Crippen LogP contribution in [0, 0.1) is 5.92 Å². The summed E-state index contributed by atoms with van der Waals surface area (Å²) in [5.41, 5.74) is 2.14. The van der Waals surface area contributed by atoms with Crippen molar-refractivity contribution in [2.24, 2.45) is 5.92 Å². The number of hydrogen-bond acceptors (Lipinski definition) is 3. The fraction of sp³-hybridized carbons (Fsp3) is 0.600. The van der Waals surface area contributed by atoms with Gasteiger partial charge in [0.1, 0.15) is 5.75 Å². The van der Waals surface area contributed by atoms with Crippen molar-refractivity contribution in [1.82, 2.24) is 4.90 Å². The molecule has 0 saturated carbocycles. The molecule has 0 amide bonds. The molecule has 2 rings (SSSR count). The van der Waals surface area contributed by atoms with Crippen molar-refractivity contribution in [2.75, 3.05) is 20.2 Å². The first-order valence-corrected chi connectivity index (χ1v) is 6.75. The van der Waals surface area contributed by atoms with E-state index < -0.39 is 0 Å². The molecule has 3 nitrogen and oxygen atoms in total. The Balaban J connectivity index is 2.07. The summed E-state index contributed by atoms with van der Waals surface area (Å²) in [6.07, 6.45) is 2.57. The van der Waals surface area contributed by atoms with Crippen LogP contribution in [-0.4, -0.2) is 30.2 Å². The Hall–Kier alpha value is -1.06. The van der Waals surface area contributed by atoms with Gasteiger partial charge < -0.3 is 9.84 Å². The molecule has 1 unspecified atom stereocenters. The summed E-state index contributed by atoms with van der Waals surface area (Å²) in [6, 6.07) is 5.92. The van der Waals surface area contributed by atoms with Crippen LogP contribution in [-0.2, 0) is 13.2 Å². The molecule has 18 heavy (non-hydrogen) atoms. The average molecular weight is 249 g/mol. The Kier molecular flexibility index (Phi) is 4.61. The average Bonchev–Trinajstić information content (AvgIpc) is 2.86. The second-order valence-electron chi connectivity index (χ2n) is 5.10. The van der Waals surface area contributed by atoms with Gasteiger partial charge in [0, 0.05) is 18.7 Å². The first-order chi connectivity index (χ1) is 8.76. The van der Waals surface area contributed by atoms with Crippen LogP contribution in [0.25, 0.3) is 0 Å². The van der Waals surface area contributed by atoms with Gasteiger partial charge in [0.25, 0.3) is 0 Å². The third-order valence-electron chi connectivity index (χ3n) is 3.87. The van der Waals surface area contributed by atoms with Crippen LogP contribution in [0.5, 0.6) is 5.75 Å². The van der Waals surface area contributed by atoms with Crippen molar-refractivity contribution in [3.63, 3.8) is 0 Å². The van der Waals surface area contributed by atoms with E-state index >= 15 is 0 Å². The molecule has 1 N–H and O–H groups in total. The maximum absolute atomic E-state index is 9.21. The number of methoxy groups -OCH3 is 1. The highest BCUT2D eigenvalue weighted by Gasteiger charge is 2.21. The van der Waals surface area contributed by atoms with Gasteiger partial charge in [-0.05, 0) is 36.6 Å². The van der Waals surface area contributed by atoms with E-state index in [0.717, 1.165) is 23.8 Å². The lowest BCUT2D eigenvalue weighted by atomic mass is 10.1. The molecule has 0 radical (unpaired) electrons. The third-order valence-corrected chi connectivity index (χ3v) is 3.87. The van der Waals surface area contributed by atoms with Crippen LogP contribution in [0.15, 0.2) is 18.2 Å². The molecule has 1 atom stereocenters. The quantitative estimate of drug-likeness (QED) is 0.870. The summed E-state index contributed by atoms with van der Waals surface area (Å²) in [6.45, 7) is 5.64. The van der Waals surface area contributed by atoms with Crippen molar-refractivity contribution < 1.29 is 9.84 Å². The third kappa shape index (κ3) is 3.03. The molecular formula is C15H23NO2. The largest absolute Gasteiger partial charge is 0.496 e. The minimum Gasteiger partial charge on any atom is -0.496 e. The molecule has 1 aromatic rings. The summed E-state index contributed by atoms with van der Waals surface area (Å²) in [5, 5.41) is 9.21. The molecule has 1 aliphatic rings. The van der Waals surface area contributed by atoms with Crippen LogP contribution in [0.4, 0.5) is 0 Å². The number of aliphatic hydroxyl groups is 1. The predicted octanol–water partition coefficient (Wildman–Crippen LogP) is 2.42. The summed E-state index contributed by atoms with van der Waals surface area (Å²) in [4.78, 5) is 2.48. The number of ether oxygens (including phenoxy) is 1.